The van der Waals surface area contributed by atoms with Crippen LogP contribution in [-0.2, 0) is 11.2 Å². The second kappa shape index (κ2) is 7.05. The van der Waals surface area contributed by atoms with E-state index in [1.54, 1.807) is 19.2 Å². The van der Waals surface area contributed by atoms with Gasteiger partial charge in [0.05, 0.1) is 7.11 Å². The zero-order chi connectivity index (χ0) is 16.1. The van der Waals surface area contributed by atoms with Crippen LogP contribution in [0.1, 0.15) is 12.0 Å². The van der Waals surface area contributed by atoms with Crippen LogP contribution in [0, 0.1) is 0 Å². The maximum Gasteiger partial charge on any atom is 0.321 e. The number of carbonyl (C=O) groups excluding carboxylic acids is 1. The Balaban J connectivity index is 1.44. The summed E-state index contributed by atoms with van der Waals surface area (Å²) in [4.78, 5) is 12.1. The summed E-state index contributed by atoms with van der Waals surface area (Å²) in [7, 11) is 1.66. The maximum absolute atomic E-state index is 12.1. The van der Waals surface area contributed by atoms with Crippen molar-refractivity contribution in [1.29, 1.82) is 0 Å². The molecule has 1 heterocycles. The summed E-state index contributed by atoms with van der Waals surface area (Å²) >= 11 is 0. The predicted octanol–water partition coefficient (Wildman–Crippen LogP) is 2.54. The first kappa shape index (κ1) is 15.2. The predicted molar refractivity (Wildman–Crippen MR) is 85.8 cm³/mol. The molecule has 0 aromatic heterocycles. The van der Waals surface area contributed by atoms with Crippen molar-refractivity contribution in [1.82, 2.24) is 5.32 Å². The average Bonchev–Trinajstić information content (AvgIpc) is 3.03. The summed E-state index contributed by atoms with van der Waals surface area (Å²) in [5, 5.41) is 2.84. The Kier molecular flexibility index (Phi) is 4.66. The van der Waals surface area contributed by atoms with Crippen molar-refractivity contribution in [3.8, 4) is 17.2 Å². The van der Waals surface area contributed by atoms with Gasteiger partial charge in [0.15, 0.2) is 11.5 Å². The number of hydrogen-bond acceptors (Lipinski definition) is 4. The van der Waals surface area contributed by atoms with Gasteiger partial charge in [0, 0.05) is 6.54 Å². The number of ether oxygens (including phenoxy) is 3. The lowest BCUT2D eigenvalue weighted by molar-refractivity contribution is -0.136. The minimum atomic E-state index is -0.904. The molecule has 0 atom stereocenters. The third-order valence-electron chi connectivity index (χ3n) is 3.65. The van der Waals surface area contributed by atoms with E-state index in [1.165, 1.54) is 0 Å². The Labute approximate surface area is 135 Å². The molecular formula is C18H19NO4. The highest BCUT2D eigenvalue weighted by Crippen LogP contribution is 2.33. The molecule has 1 N–H and O–H groups in total. The molecule has 0 radical (unpaired) electrons. The number of hydrogen-bond donors (Lipinski definition) is 1. The molecule has 0 spiro atoms. The van der Waals surface area contributed by atoms with Crippen molar-refractivity contribution in [3.63, 3.8) is 0 Å². The van der Waals surface area contributed by atoms with Gasteiger partial charge in [-0.05, 0) is 36.6 Å². The van der Waals surface area contributed by atoms with Crippen LogP contribution in [0.15, 0.2) is 48.5 Å². The van der Waals surface area contributed by atoms with Crippen LogP contribution in [0.2, 0.25) is 0 Å². The van der Waals surface area contributed by atoms with Gasteiger partial charge in [-0.2, -0.15) is 0 Å². The van der Waals surface area contributed by atoms with E-state index in [-0.39, 0.29) is 5.91 Å². The standard InChI is InChI=1S/C18H19NO4/c1-21-14-9-3-2-7-13(14)8-6-12-19-17(20)18-22-15-10-4-5-11-16(15)23-18/h2-5,7,9-11,18H,6,8,12H2,1H3,(H,19,20). The minimum Gasteiger partial charge on any atom is -0.496 e. The van der Waals surface area contributed by atoms with E-state index in [0.717, 1.165) is 24.2 Å². The van der Waals surface area contributed by atoms with E-state index in [9.17, 15) is 4.79 Å². The third kappa shape index (κ3) is 3.56. The molecule has 5 heteroatoms. The molecule has 1 aliphatic rings. The second-order valence-electron chi connectivity index (χ2n) is 5.22. The summed E-state index contributed by atoms with van der Waals surface area (Å²) in [6.07, 6.45) is 0.738. The number of para-hydroxylation sites is 3. The highest BCUT2D eigenvalue weighted by atomic mass is 16.7. The minimum absolute atomic E-state index is 0.263. The van der Waals surface area contributed by atoms with Crippen molar-refractivity contribution < 1.29 is 19.0 Å². The molecule has 0 saturated heterocycles. The molecule has 0 fully saturated rings. The fraction of sp³-hybridized carbons (Fsp3) is 0.278. The lowest BCUT2D eigenvalue weighted by atomic mass is 10.1. The van der Waals surface area contributed by atoms with Crippen LogP contribution < -0.4 is 19.5 Å². The van der Waals surface area contributed by atoms with Gasteiger partial charge in [0.2, 0.25) is 0 Å². The quantitative estimate of drug-likeness (QED) is 0.833. The molecule has 3 rings (SSSR count). The summed E-state index contributed by atoms with van der Waals surface area (Å²) in [5.74, 6) is 1.81. The summed E-state index contributed by atoms with van der Waals surface area (Å²) in [5.41, 5.74) is 1.13. The fourth-order valence-corrected chi connectivity index (χ4v) is 2.49. The van der Waals surface area contributed by atoms with Crippen molar-refractivity contribution in [2.75, 3.05) is 13.7 Å². The number of methoxy groups -OCH3 is 1. The van der Waals surface area contributed by atoms with E-state index in [1.807, 2.05) is 36.4 Å². The Morgan fingerprint density at radius 1 is 1.09 bits per heavy atom. The van der Waals surface area contributed by atoms with Gasteiger partial charge in [0.1, 0.15) is 5.75 Å². The summed E-state index contributed by atoms with van der Waals surface area (Å²) < 4.78 is 16.2. The van der Waals surface area contributed by atoms with Crippen LogP contribution in [0.25, 0.3) is 0 Å². The summed E-state index contributed by atoms with van der Waals surface area (Å²) in [6.45, 7) is 0.552. The van der Waals surface area contributed by atoms with Crippen molar-refractivity contribution in [3.05, 3.63) is 54.1 Å². The molecule has 2 aromatic carbocycles. The van der Waals surface area contributed by atoms with E-state index < -0.39 is 6.29 Å². The third-order valence-corrected chi connectivity index (χ3v) is 3.65. The van der Waals surface area contributed by atoms with Gasteiger partial charge >= 0.3 is 12.2 Å². The number of benzene rings is 2. The number of aryl methyl sites for hydroxylation is 1. The summed E-state index contributed by atoms with van der Waals surface area (Å²) in [6, 6.07) is 15.1. The first-order valence-corrected chi connectivity index (χ1v) is 7.60. The number of carbonyl (C=O) groups is 1. The Morgan fingerprint density at radius 3 is 2.43 bits per heavy atom. The second-order valence-corrected chi connectivity index (χ2v) is 5.22. The molecule has 0 saturated carbocycles. The van der Waals surface area contributed by atoms with Crippen LogP contribution in [0.3, 0.4) is 0 Å². The van der Waals surface area contributed by atoms with Crippen LogP contribution in [-0.4, -0.2) is 25.9 Å². The monoisotopic (exact) mass is 313 g/mol. The Bertz CT molecular complexity index is 661. The number of amides is 1. The molecule has 1 amide bonds. The fourth-order valence-electron chi connectivity index (χ4n) is 2.49. The van der Waals surface area contributed by atoms with Crippen molar-refractivity contribution >= 4 is 5.91 Å². The molecule has 2 aromatic rings. The van der Waals surface area contributed by atoms with Crippen LogP contribution in [0.4, 0.5) is 0 Å². The van der Waals surface area contributed by atoms with E-state index in [0.29, 0.717) is 18.0 Å². The van der Waals surface area contributed by atoms with Crippen molar-refractivity contribution in [2.45, 2.75) is 19.1 Å². The normalized spacial score (nSPS) is 12.9. The Hall–Kier alpha value is -2.69. The van der Waals surface area contributed by atoms with E-state index >= 15 is 0 Å². The van der Waals surface area contributed by atoms with Gasteiger partial charge in [0.25, 0.3) is 0 Å². The zero-order valence-corrected chi connectivity index (χ0v) is 13.0. The first-order chi connectivity index (χ1) is 11.3. The maximum atomic E-state index is 12.1. The van der Waals surface area contributed by atoms with E-state index in [2.05, 4.69) is 5.32 Å². The molecule has 120 valence electrons. The molecule has 0 aliphatic carbocycles. The van der Waals surface area contributed by atoms with Gasteiger partial charge < -0.3 is 19.5 Å². The van der Waals surface area contributed by atoms with Gasteiger partial charge in [-0.1, -0.05) is 30.3 Å². The first-order valence-electron chi connectivity index (χ1n) is 7.60. The SMILES string of the molecule is COc1ccccc1CCCNC(=O)C1Oc2ccccc2O1. The van der Waals surface area contributed by atoms with E-state index in [4.69, 9.17) is 14.2 Å². The smallest absolute Gasteiger partial charge is 0.321 e. The van der Waals surface area contributed by atoms with Crippen LogP contribution in [0.5, 0.6) is 17.2 Å². The zero-order valence-electron chi connectivity index (χ0n) is 13.0. The lowest BCUT2D eigenvalue weighted by Crippen LogP contribution is -2.40. The largest absolute Gasteiger partial charge is 0.496 e. The molecule has 23 heavy (non-hydrogen) atoms. The van der Waals surface area contributed by atoms with Gasteiger partial charge in [-0.25, -0.2) is 0 Å². The average molecular weight is 313 g/mol. The molecule has 5 nitrogen and oxygen atoms in total. The highest BCUT2D eigenvalue weighted by molar-refractivity contribution is 5.81. The lowest BCUT2D eigenvalue weighted by Gasteiger charge is -2.11. The Morgan fingerprint density at radius 2 is 1.74 bits per heavy atom. The van der Waals surface area contributed by atoms with Crippen molar-refractivity contribution in [2.24, 2.45) is 0 Å². The van der Waals surface area contributed by atoms with Crippen LogP contribution >= 0.6 is 0 Å². The number of rotatable bonds is 6. The number of nitrogens with one attached hydrogen (secondary N) is 1. The topological polar surface area (TPSA) is 56.8 Å². The van der Waals surface area contributed by atoms with Gasteiger partial charge in [-0.15, -0.1) is 0 Å². The molecule has 0 unspecified atom stereocenters. The number of fused-ring (bicyclic) bond motifs is 1. The molecule has 0 bridgehead atoms. The highest BCUT2D eigenvalue weighted by Gasteiger charge is 2.29. The molecule has 1 aliphatic heterocycles. The van der Waals surface area contributed by atoms with Gasteiger partial charge in [-0.3, -0.25) is 4.79 Å². The molecular weight excluding hydrogens is 294 g/mol.